The SMILES string of the molecule is ONc1cccc(-c2csc(Nc3ccc4[nH]ncc4c3)n2)c1. The lowest BCUT2D eigenvalue weighted by atomic mass is 10.1. The normalized spacial score (nSPS) is 10.8. The molecule has 0 amide bonds. The van der Waals surface area contributed by atoms with Crippen LogP contribution in [0.5, 0.6) is 0 Å². The summed E-state index contributed by atoms with van der Waals surface area (Å²) in [4.78, 5) is 4.59. The monoisotopic (exact) mass is 323 g/mol. The van der Waals surface area contributed by atoms with Gasteiger partial charge in [0.05, 0.1) is 23.1 Å². The molecule has 2 aromatic heterocycles. The van der Waals surface area contributed by atoms with Crippen molar-refractivity contribution in [3.05, 3.63) is 54.0 Å². The van der Waals surface area contributed by atoms with E-state index in [9.17, 15) is 0 Å². The molecule has 0 saturated carbocycles. The van der Waals surface area contributed by atoms with Gasteiger partial charge in [0, 0.05) is 22.0 Å². The van der Waals surface area contributed by atoms with Crippen LogP contribution in [-0.4, -0.2) is 20.4 Å². The molecule has 6 nitrogen and oxygen atoms in total. The van der Waals surface area contributed by atoms with Gasteiger partial charge < -0.3 is 5.32 Å². The largest absolute Gasteiger partial charge is 0.332 e. The topological polar surface area (TPSA) is 85.9 Å². The molecule has 0 unspecified atom stereocenters. The molecular formula is C16H13N5OS. The quantitative estimate of drug-likeness (QED) is 0.422. The van der Waals surface area contributed by atoms with Gasteiger partial charge in [0.2, 0.25) is 0 Å². The van der Waals surface area contributed by atoms with Crippen molar-refractivity contribution in [2.75, 3.05) is 10.8 Å². The molecule has 114 valence electrons. The van der Waals surface area contributed by atoms with Crippen molar-refractivity contribution >= 4 is 38.7 Å². The molecule has 2 heterocycles. The lowest BCUT2D eigenvalue weighted by Gasteiger charge is -2.03. The third-order valence-corrected chi connectivity index (χ3v) is 4.24. The first-order valence-electron chi connectivity index (χ1n) is 6.98. The Labute approximate surface area is 135 Å². The second-order valence-electron chi connectivity index (χ2n) is 5.03. The number of nitrogens with one attached hydrogen (secondary N) is 3. The highest BCUT2D eigenvalue weighted by atomic mass is 32.1. The zero-order valence-corrected chi connectivity index (χ0v) is 12.8. The van der Waals surface area contributed by atoms with E-state index in [4.69, 9.17) is 5.21 Å². The molecule has 4 N–H and O–H groups in total. The Morgan fingerprint density at radius 1 is 1.09 bits per heavy atom. The maximum absolute atomic E-state index is 8.99. The number of hydrogen-bond donors (Lipinski definition) is 4. The summed E-state index contributed by atoms with van der Waals surface area (Å²) < 4.78 is 0. The van der Waals surface area contributed by atoms with Gasteiger partial charge in [-0.15, -0.1) is 11.3 Å². The summed E-state index contributed by atoms with van der Waals surface area (Å²) >= 11 is 1.53. The Morgan fingerprint density at radius 3 is 2.96 bits per heavy atom. The van der Waals surface area contributed by atoms with E-state index in [0.29, 0.717) is 5.69 Å². The van der Waals surface area contributed by atoms with E-state index in [1.54, 1.807) is 12.3 Å². The minimum atomic E-state index is 0.635. The van der Waals surface area contributed by atoms with Gasteiger partial charge in [0.1, 0.15) is 0 Å². The van der Waals surface area contributed by atoms with E-state index in [1.807, 2.05) is 41.8 Å². The Kier molecular flexibility index (Phi) is 3.41. The Bertz CT molecular complexity index is 962. The fourth-order valence-electron chi connectivity index (χ4n) is 2.36. The molecule has 0 atom stereocenters. The third kappa shape index (κ3) is 2.75. The number of benzene rings is 2. The van der Waals surface area contributed by atoms with Crippen LogP contribution in [0.2, 0.25) is 0 Å². The van der Waals surface area contributed by atoms with Gasteiger partial charge in [-0.2, -0.15) is 5.10 Å². The molecule has 0 aliphatic rings. The second kappa shape index (κ2) is 5.71. The lowest BCUT2D eigenvalue weighted by molar-refractivity contribution is 0.389. The molecule has 0 radical (unpaired) electrons. The number of hydrogen-bond acceptors (Lipinski definition) is 6. The van der Waals surface area contributed by atoms with E-state index >= 15 is 0 Å². The number of aromatic nitrogens is 3. The average Bonchev–Trinajstić information content (AvgIpc) is 3.24. The van der Waals surface area contributed by atoms with Crippen molar-refractivity contribution < 1.29 is 5.21 Å². The zero-order chi connectivity index (χ0) is 15.6. The Morgan fingerprint density at radius 2 is 2.04 bits per heavy atom. The first-order valence-corrected chi connectivity index (χ1v) is 7.86. The highest BCUT2D eigenvalue weighted by molar-refractivity contribution is 7.14. The smallest absolute Gasteiger partial charge is 0.187 e. The summed E-state index contributed by atoms with van der Waals surface area (Å²) in [6, 6.07) is 13.4. The van der Waals surface area contributed by atoms with Gasteiger partial charge in [-0.05, 0) is 30.3 Å². The summed E-state index contributed by atoms with van der Waals surface area (Å²) in [5, 5.41) is 23.1. The standard InChI is InChI=1S/C16H13N5OS/c22-21-13-3-1-2-10(6-13)15-9-23-16(19-15)18-12-4-5-14-11(7-12)8-17-20-14/h1-9,21-22H,(H,17,20)(H,18,19). The van der Waals surface area contributed by atoms with Gasteiger partial charge in [-0.3, -0.25) is 15.8 Å². The Hall–Kier alpha value is -2.90. The van der Waals surface area contributed by atoms with E-state index < -0.39 is 0 Å². The maximum atomic E-state index is 8.99. The number of thiazole rings is 1. The molecule has 4 aromatic rings. The van der Waals surface area contributed by atoms with E-state index in [1.165, 1.54) is 11.3 Å². The molecule has 0 fully saturated rings. The summed E-state index contributed by atoms with van der Waals surface area (Å²) in [5.41, 5.74) is 6.55. The number of nitrogens with zero attached hydrogens (tertiary/aromatic N) is 2. The van der Waals surface area contributed by atoms with Crippen molar-refractivity contribution in [3.8, 4) is 11.3 Å². The summed E-state index contributed by atoms with van der Waals surface area (Å²) in [7, 11) is 0. The van der Waals surface area contributed by atoms with Gasteiger partial charge in [-0.1, -0.05) is 12.1 Å². The van der Waals surface area contributed by atoms with Crippen LogP contribution in [0, 0.1) is 0 Å². The van der Waals surface area contributed by atoms with Crippen molar-refractivity contribution in [3.63, 3.8) is 0 Å². The van der Waals surface area contributed by atoms with E-state index in [0.717, 1.165) is 33.0 Å². The fraction of sp³-hybridized carbons (Fsp3) is 0. The van der Waals surface area contributed by atoms with Crippen LogP contribution in [0.3, 0.4) is 0 Å². The van der Waals surface area contributed by atoms with Crippen LogP contribution >= 0.6 is 11.3 Å². The molecule has 0 aliphatic heterocycles. The number of anilines is 3. The van der Waals surface area contributed by atoms with Crippen LogP contribution in [0.15, 0.2) is 54.0 Å². The third-order valence-electron chi connectivity index (χ3n) is 3.48. The molecular weight excluding hydrogens is 310 g/mol. The Balaban J connectivity index is 1.59. The molecule has 23 heavy (non-hydrogen) atoms. The fourth-order valence-corrected chi connectivity index (χ4v) is 3.10. The second-order valence-corrected chi connectivity index (χ2v) is 5.89. The van der Waals surface area contributed by atoms with Crippen molar-refractivity contribution in [2.45, 2.75) is 0 Å². The van der Waals surface area contributed by atoms with Crippen LogP contribution < -0.4 is 10.8 Å². The van der Waals surface area contributed by atoms with Crippen LogP contribution in [0.1, 0.15) is 0 Å². The zero-order valence-electron chi connectivity index (χ0n) is 11.9. The van der Waals surface area contributed by atoms with Gasteiger partial charge in [-0.25, -0.2) is 4.98 Å². The first kappa shape index (κ1) is 13.7. The molecule has 0 saturated heterocycles. The number of fused-ring (bicyclic) bond motifs is 1. The summed E-state index contributed by atoms with van der Waals surface area (Å²) in [6.45, 7) is 0. The van der Waals surface area contributed by atoms with Gasteiger partial charge >= 0.3 is 0 Å². The van der Waals surface area contributed by atoms with E-state index in [2.05, 4.69) is 26.0 Å². The molecule has 2 aromatic carbocycles. The molecule has 4 rings (SSSR count). The number of H-pyrrole nitrogens is 1. The number of rotatable bonds is 4. The van der Waals surface area contributed by atoms with Crippen LogP contribution in [-0.2, 0) is 0 Å². The van der Waals surface area contributed by atoms with Crippen molar-refractivity contribution in [1.82, 2.24) is 15.2 Å². The van der Waals surface area contributed by atoms with Crippen molar-refractivity contribution in [2.24, 2.45) is 0 Å². The van der Waals surface area contributed by atoms with Crippen molar-refractivity contribution in [1.29, 1.82) is 0 Å². The molecule has 7 heteroatoms. The van der Waals surface area contributed by atoms with Crippen LogP contribution in [0.4, 0.5) is 16.5 Å². The van der Waals surface area contributed by atoms with Gasteiger partial charge in [0.25, 0.3) is 0 Å². The maximum Gasteiger partial charge on any atom is 0.187 e. The lowest BCUT2D eigenvalue weighted by Crippen LogP contribution is -1.90. The molecule has 0 bridgehead atoms. The first-order chi connectivity index (χ1) is 11.3. The molecule has 0 spiro atoms. The highest BCUT2D eigenvalue weighted by Crippen LogP contribution is 2.29. The summed E-state index contributed by atoms with van der Waals surface area (Å²) in [5.74, 6) is 0. The highest BCUT2D eigenvalue weighted by Gasteiger charge is 2.06. The van der Waals surface area contributed by atoms with Crippen LogP contribution in [0.25, 0.3) is 22.2 Å². The average molecular weight is 323 g/mol. The predicted octanol–water partition coefficient (Wildman–Crippen LogP) is 4.23. The minimum Gasteiger partial charge on any atom is -0.332 e. The van der Waals surface area contributed by atoms with Gasteiger partial charge in [0.15, 0.2) is 5.13 Å². The number of aromatic amines is 1. The minimum absolute atomic E-state index is 0.635. The molecule has 0 aliphatic carbocycles. The predicted molar refractivity (Wildman–Crippen MR) is 92.3 cm³/mol. The van der Waals surface area contributed by atoms with E-state index in [-0.39, 0.29) is 0 Å². The summed E-state index contributed by atoms with van der Waals surface area (Å²) in [6.07, 6.45) is 1.79.